The lowest BCUT2D eigenvalue weighted by Gasteiger charge is -2.22. The van der Waals surface area contributed by atoms with Crippen molar-refractivity contribution in [3.8, 4) is 0 Å². The van der Waals surface area contributed by atoms with Crippen molar-refractivity contribution in [2.24, 2.45) is 0 Å². The zero-order chi connectivity index (χ0) is 20.5. The summed E-state index contributed by atoms with van der Waals surface area (Å²) in [6.45, 7) is 3.45. The van der Waals surface area contributed by atoms with Crippen LogP contribution in [0.25, 0.3) is 0 Å². The van der Waals surface area contributed by atoms with Gasteiger partial charge in [0.05, 0.1) is 4.92 Å². The number of carbonyl (C=O) groups is 2. The van der Waals surface area contributed by atoms with Gasteiger partial charge in [0.1, 0.15) is 5.54 Å². The maximum atomic E-state index is 12.9. The van der Waals surface area contributed by atoms with Gasteiger partial charge in [-0.3, -0.25) is 20.3 Å². The third-order valence-corrected chi connectivity index (χ3v) is 4.53. The molecule has 3 rings (SSSR count). The van der Waals surface area contributed by atoms with E-state index in [9.17, 15) is 19.7 Å². The van der Waals surface area contributed by atoms with Crippen molar-refractivity contribution in [2.75, 3.05) is 5.32 Å². The maximum Gasteiger partial charge on any atom is 0.344 e. The van der Waals surface area contributed by atoms with Crippen LogP contribution in [-0.2, 0) is 10.3 Å². The van der Waals surface area contributed by atoms with Crippen molar-refractivity contribution >= 4 is 40.6 Å². The van der Waals surface area contributed by atoms with Crippen molar-refractivity contribution in [3.05, 3.63) is 69.8 Å². The number of imide groups is 1. The molecule has 0 aliphatic carbocycles. The molecule has 2 aromatic carbocycles. The fraction of sp³-hybridized carbons (Fsp3) is 0.167. The number of aryl methyl sites for hydroxylation is 1. The smallest absolute Gasteiger partial charge is 0.331 e. The standard InChI is InChI=1S/C18H17N5O4S/c1-11-4-3-5-13(10-11)19-16(28)21-22-15(24)18(2,20-17(22)25)12-6-8-14(9-7-12)23(26)27/h3-10H,1-2H3,(H,20,25)(H2,19,21,28)/t18-/m0/s1. The first-order valence-corrected chi connectivity index (χ1v) is 8.67. The Morgan fingerprint density at radius 2 is 1.89 bits per heavy atom. The molecule has 0 bridgehead atoms. The summed E-state index contributed by atoms with van der Waals surface area (Å²) in [6, 6.07) is 12.2. The van der Waals surface area contributed by atoms with Gasteiger partial charge in [0.2, 0.25) is 0 Å². The van der Waals surface area contributed by atoms with E-state index in [1.54, 1.807) is 6.07 Å². The van der Waals surface area contributed by atoms with Gasteiger partial charge in [-0.05, 0) is 61.5 Å². The number of hydrogen-bond donors (Lipinski definition) is 3. The highest BCUT2D eigenvalue weighted by Crippen LogP contribution is 2.29. The number of hydrazine groups is 1. The van der Waals surface area contributed by atoms with Crippen molar-refractivity contribution in [1.29, 1.82) is 0 Å². The first-order chi connectivity index (χ1) is 13.2. The maximum absolute atomic E-state index is 12.9. The highest BCUT2D eigenvalue weighted by Gasteiger charge is 2.49. The first kappa shape index (κ1) is 19.2. The van der Waals surface area contributed by atoms with E-state index in [0.29, 0.717) is 11.3 Å². The number of hydrogen-bond acceptors (Lipinski definition) is 5. The molecule has 3 N–H and O–H groups in total. The Morgan fingerprint density at radius 3 is 2.50 bits per heavy atom. The molecule has 1 saturated heterocycles. The Balaban J connectivity index is 1.75. The number of amides is 3. The van der Waals surface area contributed by atoms with E-state index in [1.165, 1.54) is 31.2 Å². The SMILES string of the molecule is Cc1cccc(NC(=S)NN2C(=O)N[C@@](C)(c3ccc([N+](=O)[O-])cc3)C2=O)c1. The third kappa shape index (κ3) is 3.62. The lowest BCUT2D eigenvalue weighted by molar-refractivity contribution is -0.384. The zero-order valence-electron chi connectivity index (χ0n) is 15.1. The van der Waals surface area contributed by atoms with E-state index < -0.39 is 22.4 Å². The fourth-order valence-electron chi connectivity index (χ4n) is 2.84. The van der Waals surface area contributed by atoms with Gasteiger partial charge in [0.25, 0.3) is 11.6 Å². The summed E-state index contributed by atoms with van der Waals surface area (Å²) in [6.07, 6.45) is 0. The molecule has 2 aromatic rings. The molecule has 144 valence electrons. The number of nitrogens with zero attached hydrogens (tertiary/aromatic N) is 2. The minimum absolute atomic E-state index is 0.0713. The van der Waals surface area contributed by atoms with Crippen LogP contribution in [0.2, 0.25) is 0 Å². The summed E-state index contributed by atoms with van der Waals surface area (Å²) in [5.41, 5.74) is 3.25. The number of carbonyl (C=O) groups excluding carboxylic acids is 2. The Kier molecular flexibility index (Phi) is 4.97. The Labute approximate surface area is 165 Å². The summed E-state index contributed by atoms with van der Waals surface area (Å²) in [5.74, 6) is -0.584. The van der Waals surface area contributed by atoms with E-state index >= 15 is 0 Å². The molecule has 9 nitrogen and oxygen atoms in total. The average molecular weight is 399 g/mol. The van der Waals surface area contributed by atoms with Gasteiger partial charge in [0.15, 0.2) is 5.11 Å². The molecule has 0 spiro atoms. The lowest BCUT2D eigenvalue weighted by Crippen LogP contribution is -2.49. The molecule has 10 heteroatoms. The second-order valence-electron chi connectivity index (χ2n) is 6.44. The Morgan fingerprint density at radius 1 is 1.21 bits per heavy atom. The molecule has 1 heterocycles. The number of nitro benzene ring substituents is 1. The summed E-state index contributed by atoms with van der Waals surface area (Å²) >= 11 is 5.19. The second-order valence-corrected chi connectivity index (χ2v) is 6.84. The third-order valence-electron chi connectivity index (χ3n) is 4.34. The molecule has 3 amide bonds. The van der Waals surface area contributed by atoms with Crippen LogP contribution in [0.4, 0.5) is 16.2 Å². The van der Waals surface area contributed by atoms with Crippen LogP contribution in [0.3, 0.4) is 0 Å². The van der Waals surface area contributed by atoms with E-state index in [2.05, 4.69) is 16.1 Å². The summed E-state index contributed by atoms with van der Waals surface area (Å²) in [4.78, 5) is 35.5. The largest absolute Gasteiger partial charge is 0.344 e. The molecule has 1 fully saturated rings. The topological polar surface area (TPSA) is 117 Å². The van der Waals surface area contributed by atoms with Crippen LogP contribution in [0.15, 0.2) is 48.5 Å². The molecule has 28 heavy (non-hydrogen) atoms. The highest BCUT2D eigenvalue weighted by molar-refractivity contribution is 7.80. The molecule has 1 aliphatic heterocycles. The van der Waals surface area contributed by atoms with E-state index in [1.807, 2.05) is 25.1 Å². The van der Waals surface area contributed by atoms with Gasteiger partial charge >= 0.3 is 6.03 Å². The average Bonchev–Trinajstić information content (AvgIpc) is 2.86. The summed E-state index contributed by atoms with van der Waals surface area (Å²) in [7, 11) is 0. The molecule has 1 aliphatic rings. The van der Waals surface area contributed by atoms with Gasteiger partial charge in [-0.15, -0.1) is 0 Å². The Hall–Kier alpha value is -3.53. The summed E-state index contributed by atoms with van der Waals surface area (Å²) in [5, 5.41) is 17.2. The quantitative estimate of drug-likeness (QED) is 0.313. The number of anilines is 1. The van der Waals surface area contributed by atoms with Gasteiger partial charge < -0.3 is 10.6 Å². The van der Waals surface area contributed by atoms with Gasteiger partial charge in [0, 0.05) is 17.8 Å². The van der Waals surface area contributed by atoms with Gasteiger partial charge in [-0.25, -0.2) is 4.79 Å². The highest BCUT2D eigenvalue weighted by atomic mass is 32.1. The van der Waals surface area contributed by atoms with E-state index in [4.69, 9.17) is 12.2 Å². The predicted molar refractivity (Wildman–Crippen MR) is 106 cm³/mol. The van der Waals surface area contributed by atoms with Crippen molar-refractivity contribution in [3.63, 3.8) is 0 Å². The van der Waals surface area contributed by atoms with E-state index in [-0.39, 0.29) is 10.8 Å². The molecule has 1 atom stereocenters. The number of thiocarbonyl (C=S) groups is 1. The second kappa shape index (κ2) is 7.24. The minimum Gasteiger partial charge on any atom is -0.331 e. The van der Waals surface area contributed by atoms with Gasteiger partial charge in [-0.1, -0.05) is 12.1 Å². The zero-order valence-corrected chi connectivity index (χ0v) is 15.9. The monoisotopic (exact) mass is 399 g/mol. The molecule has 0 saturated carbocycles. The number of rotatable bonds is 4. The van der Waals surface area contributed by atoms with Crippen LogP contribution < -0.4 is 16.1 Å². The Bertz CT molecular complexity index is 978. The molecule has 0 radical (unpaired) electrons. The number of nitro groups is 1. The number of urea groups is 1. The molecular formula is C18H17N5O4S. The van der Waals surface area contributed by atoms with Crippen LogP contribution in [0, 0.1) is 17.0 Å². The number of benzene rings is 2. The van der Waals surface area contributed by atoms with Crippen LogP contribution in [0.5, 0.6) is 0 Å². The normalized spacial score (nSPS) is 18.6. The van der Waals surface area contributed by atoms with Gasteiger partial charge in [-0.2, -0.15) is 5.01 Å². The van der Waals surface area contributed by atoms with Crippen molar-refractivity contribution in [1.82, 2.24) is 15.8 Å². The molecule has 0 aromatic heterocycles. The first-order valence-electron chi connectivity index (χ1n) is 8.26. The van der Waals surface area contributed by atoms with Crippen LogP contribution in [0.1, 0.15) is 18.1 Å². The number of non-ortho nitro benzene ring substituents is 1. The number of nitrogens with one attached hydrogen (secondary N) is 3. The summed E-state index contributed by atoms with van der Waals surface area (Å²) < 4.78 is 0. The minimum atomic E-state index is -1.38. The van der Waals surface area contributed by atoms with Crippen molar-refractivity contribution in [2.45, 2.75) is 19.4 Å². The molecule has 0 unspecified atom stereocenters. The molecular weight excluding hydrogens is 382 g/mol. The fourth-order valence-corrected chi connectivity index (χ4v) is 3.05. The van der Waals surface area contributed by atoms with Crippen LogP contribution >= 0.6 is 12.2 Å². The predicted octanol–water partition coefficient (Wildman–Crippen LogP) is 2.57. The lowest BCUT2D eigenvalue weighted by atomic mass is 9.92. The van der Waals surface area contributed by atoms with Crippen molar-refractivity contribution < 1.29 is 14.5 Å². The van der Waals surface area contributed by atoms with Crippen LogP contribution in [-0.4, -0.2) is 27.0 Å². The van der Waals surface area contributed by atoms with E-state index in [0.717, 1.165) is 10.6 Å².